The topological polar surface area (TPSA) is 12.0 Å². The second kappa shape index (κ2) is 3.97. The lowest BCUT2D eigenvalue weighted by atomic mass is 9.90. The summed E-state index contributed by atoms with van der Waals surface area (Å²) in [6, 6.07) is 8.83. The predicted octanol–water partition coefficient (Wildman–Crippen LogP) is 2.88. The maximum Gasteiger partial charge on any atom is 0.0109 e. The maximum atomic E-state index is 3.51. The summed E-state index contributed by atoms with van der Waals surface area (Å²) >= 11 is 0. The smallest absolute Gasteiger partial charge is 0.0109 e. The zero-order valence-electron chi connectivity index (χ0n) is 10.0. The molecule has 0 bridgehead atoms. The fourth-order valence-electron chi connectivity index (χ4n) is 2.68. The molecule has 1 fully saturated rings. The number of rotatable bonds is 4. The first-order valence-corrected chi connectivity index (χ1v) is 5.97. The largest absolute Gasteiger partial charge is 0.316 e. The minimum absolute atomic E-state index is 0.432. The SMILES string of the molecule is CCNCC1(c2ccccc2C)CC1C. The molecule has 0 radical (unpaired) electrons. The first-order valence-electron chi connectivity index (χ1n) is 5.97. The molecule has 0 saturated heterocycles. The summed E-state index contributed by atoms with van der Waals surface area (Å²) < 4.78 is 0. The Morgan fingerprint density at radius 1 is 1.40 bits per heavy atom. The quantitative estimate of drug-likeness (QED) is 0.793. The number of benzene rings is 1. The second-order valence-electron chi connectivity index (χ2n) is 4.86. The zero-order valence-corrected chi connectivity index (χ0v) is 10.0. The van der Waals surface area contributed by atoms with E-state index in [2.05, 4.69) is 50.4 Å². The van der Waals surface area contributed by atoms with Gasteiger partial charge in [-0.2, -0.15) is 0 Å². The minimum atomic E-state index is 0.432. The van der Waals surface area contributed by atoms with Gasteiger partial charge in [-0.05, 0) is 36.9 Å². The van der Waals surface area contributed by atoms with E-state index in [1.165, 1.54) is 12.0 Å². The molecule has 0 amide bonds. The molecule has 2 rings (SSSR count). The van der Waals surface area contributed by atoms with Crippen molar-refractivity contribution in [3.63, 3.8) is 0 Å². The van der Waals surface area contributed by atoms with E-state index in [-0.39, 0.29) is 0 Å². The molecule has 0 spiro atoms. The van der Waals surface area contributed by atoms with Gasteiger partial charge in [0.15, 0.2) is 0 Å². The highest BCUT2D eigenvalue weighted by Crippen LogP contribution is 2.54. The molecule has 1 aromatic rings. The van der Waals surface area contributed by atoms with Crippen LogP contribution in [0, 0.1) is 12.8 Å². The van der Waals surface area contributed by atoms with Crippen LogP contribution >= 0.6 is 0 Å². The van der Waals surface area contributed by atoms with E-state index in [4.69, 9.17) is 0 Å². The highest BCUT2D eigenvalue weighted by atomic mass is 14.9. The molecule has 0 heterocycles. The summed E-state index contributed by atoms with van der Waals surface area (Å²) in [6.07, 6.45) is 1.34. The Morgan fingerprint density at radius 2 is 2.07 bits per heavy atom. The monoisotopic (exact) mass is 203 g/mol. The van der Waals surface area contributed by atoms with Gasteiger partial charge in [0.05, 0.1) is 0 Å². The molecule has 15 heavy (non-hydrogen) atoms. The van der Waals surface area contributed by atoms with Crippen molar-refractivity contribution in [3.05, 3.63) is 35.4 Å². The Balaban J connectivity index is 2.24. The molecule has 1 aliphatic rings. The standard InChI is InChI=1S/C14H21N/c1-4-15-10-14(9-12(14)3)13-8-6-5-7-11(13)2/h5-8,12,15H,4,9-10H2,1-3H3. The normalized spacial score (nSPS) is 29.1. The van der Waals surface area contributed by atoms with Crippen LogP contribution in [0.3, 0.4) is 0 Å². The number of likely N-dealkylation sites (N-methyl/N-ethyl adjacent to an activating group) is 1. The van der Waals surface area contributed by atoms with Crippen LogP contribution in [0.4, 0.5) is 0 Å². The molecule has 0 aromatic heterocycles. The van der Waals surface area contributed by atoms with Crippen molar-refractivity contribution in [1.82, 2.24) is 5.32 Å². The first kappa shape index (κ1) is 10.7. The van der Waals surface area contributed by atoms with Gasteiger partial charge in [-0.15, -0.1) is 0 Å². The van der Waals surface area contributed by atoms with Crippen LogP contribution in [0.2, 0.25) is 0 Å². The van der Waals surface area contributed by atoms with Gasteiger partial charge in [0, 0.05) is 12.0 Å². The van der Waals surface area contributed by atoms with E-state index in [0.29, 0.717) is 5.41 Å². The lowest BCUT2D eigenvalue weighted by molar-refractivity contribution is 0.553. The summed E-state index contributed by atoms with van der Waals surface area (Å²) in [5.74, 6) is 0.831. The number of aryl methyl sites for hydroxylation is 1. The van der Waals surface area contributed by atoms with Crippen molar-refractivity contribution in [1.29, 1.82) is 0 Å². The van der Waals surface area contributed by atoms with Crippen molar-refractivity contribution in [2.45, 2.75) is 32.6 Å². The third kappa shape index (κ3) is 1.81. The fourth-order valence-corrected chi connectivity index (χ4v) is 2.68. The van der Waals surface area contributed by atoms with Crippen LogP contribution in [-0.4, -0.2) is 13.1 Å². The number of hydrogen-bond donors (Lipinski definition) is 1. The Labute approximate surface area is 92.9 Å². The second-order valence-corrected chi connectivity index (χ2v) is 4.86. The molecule has 0 aliphatic heterocycles. The van der Waals surface area contributed by atoms with Gasteiger partial charge >= 0.3 is 0 Å². The van der Waals surface area contributed by atoms with E-state index < -0.39 is 0 Å². The molecule has 2 unspecified atom stereocenters. The fraction of sp³-hybridized carbons (Fsp3) is 0.571. The van der Waals surface area contributed by atoms with E-state index in [1.807, 2.05) is 0 Å². The Hall–Kier alpha value is -0.820. The van der Waals surface area contributed by atoms with Crippen LogP contribution in [0.5, 0.6) is 0 Å². The lowest BCUT2D eigenvalue weighted by Gasteiger charge is -2.19. The van der Waals surface area contributed by atoms with E-state index in [0.717, 1.165) is 19.0 Å². The number of nitrogens with one attached hydrogen (secondary N) is 1. The van der Waals surface area contributed by atoms with Gasteiger partial charge in [-0.1, -0.05) is 38.1 Å². The maximum absolute atomic E-state index is 3.51. The molecule has 2 atom stereocenters. The van der Waals surface area contributed by atoms with Crippen LogP contribution < -0.4 is 5.32 Å². The van der Waals surface area contributed by atoms with E-state index in [1.54, 1.807) is 5.56 Å². The van der Waals surface area contributed by atoms with Gasteiger partial charge in [0.25, 0.3) is 0 Å². The molecule has 82 valence electrons. The molecule has 1 aliphatic carbocycles. The van der Waals surface area contributed by atoms with Gasteiger partial charge in [-0.25, -0.2) is 0 Å². The summed E-state index contributed by atoms with van der Waals surface area (Å²) in [5, 5.41) is 3.51. The average Bonchev–Trinajstić information content (AvgIpc) is 2.88. The van der Waals surface area contributed by atoms with Crippen molar-refractivity contribution < 1.29 is 0 Å². The highest BCUT2D eigenvalue weighted by Gasteiger charge is 2.52. The van der Waals surface area contributed by atoms with E-state index in [9.17, 15) is 0 Å². The Kier molecular flexibility index (Phi) is 2.83. The van der Waals surface area contributed by atoms with Crippen LogP contribution in [0.25, 0.3) is 0 Å². The molecule has 1 aromatic carbocycles. The Bertz CT molecular complexity index is 345. The van der Waals surface area contributed by atoms with Crippen molar-refractivity contribution in [3.8, 4) is 0 Å². The van der Waals surface area contributed by atoms with Gasteiger partial charge in [0.2, 0.25) is 0 Å². The molecule has 1 saturated carbocycles. The highest BCUT2D eigenvalue weighted by molar-refractivity contribution is 5.39. The summed E-state index contributed by atoms with van der Waals surface area (Å²) in [4.78, 5) is 0. The van der Waals surface area contributed by atoms with Crippen LogP contribution in [0.1, 0.15) is 31.4 Å². The lowest BCUT2D eigenvalue weighted by Crippen LogP contribution is -2.28. The first-order chi connectivity index (χ1) is 7.20. The van der Waals surface area contributed by atoms with Gasteiger partial charge in [0.1, 0.15) is 0 Å². The van der Waals surface area contributed by atoms with E-state index >= 15 is 0 Å². The third-order valence-corrected chi connectivity index (χ3v) is 3.83. The summed E-state index contributed by atoms with van der Waals surface area (Å²) in [6.45, 7) is 8.98. The minimum Gasteiger partial charge on any atom is -0.316 e. The van der Waals surface area contributed by atoms with Crippen molar-refractivity contribution in [2.24, 2.45) is 5.92 Å². The molecule has 1 nitrogen and oxygen atoms in total. The summed E-state index contributed by atoms with van der Waals surface area (Å²) in [5.41, 5.74) is 3.43. The van der Waals surface area contributed by atoms with Crippen molar-refractivity contribution in [2.75, 3.05) is 13.1 Å². The predicted molar refractivity (Wildman–Crippen MR) is 65.2 cm³/mol. The average molecular weight is 203 g/mol. The summed E-state index contributed by atoms with van der Waals surface area (Å²) in [7, 11) is 0. The molecule has 1 heteroatoms. The third-order valence-electron chi connectivity index (χ3n) is 3.83. The molecular weight excluding hydrogens is 182 g/mol. The van der Waals surface area contributed by atoms with Gasteiger partial charge in [-0.3, -0.25) is 0 Å². The Morgan fingerprint density at radius 3 is 2.60 bits per heavy atom. The molecular formula is C14H21N. The van der Waals surface area contributed by atoms with Crippen LogP contribution in [0.15, 0.2) is 24.3 Å². The number of hydrogen-bond acceptors (Lipinski definition) is 1. The van der Waals surface area contributed by atoms with Crippen molar-refractivity contribution >= 4 is 0 Å². The van der Waals surface area contributed by atoms with Gasteiger partial charge < -0.3 is 5.32 Å². The molecule has 1 N–H and O–H groups in total. The zero-order chi connectivity index (χ0) is 10.9. The van der Waals surface area contributed by atoms with Crippen LogP contribution in [-0.2, 0) is 5.41 Å².